The highest BCUT2D eigenvalue weighted by molar-refractivity contribution is 7.09. The van der Waals surface area contributed by atoms with Crippen molar-refractivity contribution in [2.24, 2.45) is 5.73 Å². The van der Waals surface area contributed by atoms with E-state index in [1.807, 2.05) is 5.38 Å². The fourth-order valence-electron chi connectivity index (χ4n) is 1.18. The van der Waals surface area contributed by atoms with Crippen LogP contribution in [0, 0.1) is 0 Å². The lowest BCUT2D eigenvalue weighted by atomic mass is 10.2. The second-order valence-electron chi connectivity index (χ2n) is 3.00. The number of aromatic nitrogens is 1. The lowest BCUT2D eigenvalue weighted by Gasteiger charge is -2.13. The molecule has 1 atom stereocenters. The molecule has 1 heterocycles. The fourth-order valence-corrected chi connectivity index (χ4v) is 1.98. The number of thiazole rings is 1. The number of amides is 1. The number of nitrogens with zero attached hydrogens (tertiary/aromatic N) is 1. The first kappa shape index (κ1) is 11.1. The van der Waals surface area contributed by atoms with E-state index in [1.54, 1.807) is 17.5 Å². The Morgan fingerprint density at radius 2 is 2.57 bits per heavy atom. The van der Waals surface area contributed by atoms with Crippen molar-refractivity contribution in [1.29, 1.82) is 0 Å². The van der Waals surface area contributed by atoms with Gasteiger partial charge in [0.25, 0.3) is 0 Å². The Hall–Kier alpha value is -0.940. The zero-order chi connectivity index (χ0) is 10.4. The molecule has 0 saturated heterocycles. The van der Waals surface area contributed by atoms with Crippen molar-refractivity contribution in [2.45, 2.75) is 25.8 Å². The smallest absolute Gasteiger partial charge is 0.218 e. The Balaban J connectivity index is 2.36. The van der Waals surface area contributed by atoms with Crippen molar-refractivity contribution in [1.82, 2.24) is 10.3 Å². The van der Waals surface area contributed by atoms with Crippen molar-refractivity contribution in [3.8, 4) is 0 Å². The second-order valence-corrected chi connectivity index (χ2v) is 3.93. The van der Waals surface area contributed by atoms with Crippen LogP contribution in [0.25, 0.3) is 0 Å². The SMILES string of the molecule is CCC(NCCC(N)=O)c1nccs1. The Bertz CT molecular complexity index is 274. The molecule has 1 unspecified atom stereocenters. The zero-order valence-electron chi connectivity index (χ0n) is 8.19. The molecule has 0 radical (unpaired) electrons. The molecule has 14 heavy (non-hydrogen) atoms. The Kier molecular flexibility index (Phi) is 4.55. The summed E-state index contributed by atoms with van der Waals surface area (Å²) in [5.74, 6) is -0.272. The monoisotopic (exact) mass is 213 g/mol. The van der Waals surface area contributed by atoms with E-state index in [2.05, 4.69) is 17.2 Å². The number of primary amides is 1. The van der Waals surface area contributed by atoms with E-state index < -0.39 is 0 Å². The standard InChI is InChI=1S/C9H15N3OS/c1-2-7(9-12-5-6-14-9)11-4-3-8(10)13/h5-7,11H,2-4H2,1H3,(H2,10,13). The number of carbonyl (C=O) groups is 1. The number of nitrogens with two attached hydrogens (primary N) is 1. The molecule has 0 spiro atoms. The van der Waals surface area contributed by atoms with Crippen molar-refractivity contribution < 1.29 is 4.79 Å². The van der Waals surface area contributed by atoms with Gasteiger partial charge in [-0.15, -0.1) is 11.3 Å². The Morgan fingerprint density at radius 3 is 3.07 bits per heavy atom. The van der Waals surface area contributed by atoms with Crippen molar-refractivity contribution in [3.05, 3.63) is 16.6 Å². The van der Waals surface area contributed by atoms with Crippen LogP contribution >= 0.6 is 11.3 Å². The molecule has 4 nitrogen and oxygen atoms in total. The highest BCUT2D eigenvalue weighted by atomic mass is 32.1. The van der Waals surface area contributed by atoms with Crippen LogP contribution in [-0.4, -0.2) is 17.4 Å². The highest BCUT2D eigenvalue weighted by Crippen LogP contribution is 2.18. The minimum absolute atomic E-state index is 0.245. The summed E-state index contributed by atoms with van der Waals surface area (Å²) in [5, 5.41) is 6.27. The highest BCUT2D eigenvalue weighted by Gasteiger charge is 2.10. The van der Waals surface area contributed by atoms with Gasteiger partial charge in [0, 0.05) is 24.5 Å². The summed E-state index contributed by atoms with van der Waals surface area (Å²) in [7, 11) is 0. The van der Waals surface area contributed by atoms with Gasteiger partial charge in [-0.1, -0.05) is 6.92 Å². The third kappa shape index (κ3) is 3.43. The molecule has 1 rings (SSSR count). The molecule has 1 aromatic heterocycles. The number of rotatable bonds is 6. The maximum atomic E-state index is 10.5. The van der Waals surface area contributed by atoms with Crippen molar-refractivity contribution in [3.63, 3.8) is 0 Å². The lowest BCUT2D eigenvalue weighted by Crippen LogP contribution is -2.25. The van der Waals surface area contributed by atoms with Crippen LogP contribution in [0.2, 0.25) is 0 Å². The third-order valence-electron chi connectivity index (χ3n) is 1.92. The molecule has 1 amide bonds. The quantitative estimate of drug-likeness (QED) is 0.742. The molecular formula is C9H15N3OS. The van der Waals surface area contributed by atoms with Crippen LogP contribution in [0.3, 0.4) is 0 Å². The average molecular weight is 213 g/mol. The van der Waals surface area contributed by atoms with Gasteiger partial charge < -0.3 is 11.1 Å². The lowest BCUT2D eigenvalue weighted by molar-refractivity contribution is -0.117. The van der Waals surface area contributed by atoms with E-state index >= 15 is 0 Å². The van der Waals surface area contributed by atoms with Crippen molar-refractivity contribution in [2.75, 3.05) is 6.54 Å². The molecular weight excluding hydrogens is 198 g/mol. The minimum Gasteiger partial charge on any atom is -0.370 e. The zero-order valence-corrected chi connectivity index (χ0v) is 9.01. The summed E-state index contributed by atoms with van der Waals surface area (Å²) >= 11 is 1.62. The summed E-state index contributed by atoms with van der Waals surface area (Å²) in [6, 6.07) is 0.245. The molecule has 78 valence electrons. The van der Waals surface area contributed by atoms with Crippen LogP contribution in [0.5, 0.6) is 0 Å². The Labute approximate surface area is 87.5 Å². The maximum Gasteiger partial charge on any atom is 0.218 e. The second kappa shape index (κ2) is 5.72. The van der Waals surface area contributed by atoms with Crippen molar-refractivity contribution >= 4 is 17.2 Å². The van der Waals surface area contributed by atoms with Crippen LogP contribution < -0.4 is 11.1 Å². The van der Waals surface area contributed by atoms with E-state index in [4.69, 9.17) is 5.73 Å². The summed E-state index contributed by atoms with van der Waals surface area (Å²) in [6.07, 6.45) is 3.13. The first-order chi connectivity index (χ1) is 6.74. The molecule has 0 aliphatic rings. The van der Waals surface area contributed by atoms with E-state index in [0.29, 0.717) is 13.0 Å². The maximum absolute atomic E-state index is 10.5. The van der Waals surface area contributed by atoms with Crippen LogP contribution in [0.15, 0.2) is 11.6 Å². The molecule has 0 aliphatic heterocycles. The van der Waals surface area contributed by atoms with Crippen LogP contribution in [0.4, 0.5) is 0 Å². The number of nitrogens with one attached hydrogen (secondary N) is 1. The van der Waals surface area contributed by atoms with Gasteiger partial charge in [-0.2, -0.15) is 0 Å². The van der Waals surface area contributed by atoms with Gasteiger partial charge in [0.2, 0.25) is 5.91 Å². The first-order valence-corrected chi connectivity index (χ1v) is 5.53. The van der Waals surface area contributed by atoms with Crippen LogP contribution in [-0.2, 0) is 4.79 Å². The summed E-state index contributed by atoms with van der Waals surface area (Å²) in [5.41, 5.74) is 5.05. The fraction of sp³-hybridized carbons (Fsp3) is 0.556. The largest absolute Gasteiger partial charge is 0.370 e. The third-order valence-corrected chi connectivity index (χ3v) is 2.81. The minimum atomic E-state index is -0.272. The predicted octanol–water partition coefficient (Wildman–Crippen LogP) is 1.06. The first-order valence-electron chi connectivity index (χ1n) is 4.65. The van der Waals surface area contributed by atoms with E-state index in [-0.39, 0.29) is 11.9 Å². The van der Waals surface area contributed by atoms with E-state index in [9.17, 15) is 4.79 Å². The molecule has 0 aromatic carbocycles. The van der Waals surface area contributed by atoms with Gasteiger partial charge in [0.05, 0.1) is 6.04 Å². The molecule has 1 aromatic rings. The predicted molar refractivity (Wildman–Crippen MR) is 57.0 cm³/mol. The van der Waals surface area contributed by atoms with Gasteiger partial charge in [-0.05, 0) is 6.42 Å². The van der Waals surface area contributed by atoms with E-state index in [1.165, 1.54) is 0 Å². The normalized spacial score (nSPS) is 12.6. The van der Waals surface area contributed by atoms with Gasteiger partial charge in [0.15, 0.2) is 0 Å². The number of carbonyl (C=O) groups excluding carboxylic acids is 1. The molecule has 0 saturated carbocycles. The molecule has 3 N–H and O–H groups in total. The van der Waals surface area contributed by atoms with Gasteiger partial charge in [-0.3, -0.25) is 4.79 Å². The van der Waals surface area contributed by atoms with Gasteiger partial charge in [0.1, 0.15) is 5.01 Å². The average Bonchev–Trinajstić information content (AvgIpc) is 2.64. The number of hydrogen-bond donors (Lipinski definition) is 2. The topological polar surface area (TPSA) is 68.0 Å². The van der Waals surface area contributed by atoms with Crippen LogP contribution in [0.1, 0.15) is 30.8 Å². The molecule has 5 heteroatoms. The van der Waals surface area contributed by atoms with Gasteiger partial charge in [-0.25, -0.2) is 4.98 Å². The Morgan fingerprint density at radius 1 is 1.79 bits per heavy atom. The van der Waals surface area contributed by atoms with Gasteiger partial charge >= 0.3 is 0 Å². The summed E-state index contributed by atoms with van der Waals surface area (Å²) in [4.78, 5) is 14.7. The summed E-state index contributed by atoms with van der Waals surface area (Å²) < 4.78 is 0. The summed E-state index contributed by atoms with van der Waals surface area (Å²) in [6.45, 7) is 2.71. The number of hydrogen-bond acceptors (Lipinski definition) is 4. The van der Waals surface area contributed by atoms with E-state index in [0.717, 1.165) is 11.4 Å². The molecule has 0 aliphatic carbocycles. The molecule has 0 bridgehead atoms. The molecule has 0 fully saturated rings.